The molecule has 3 nitrogen and oxygen atoms in total. The number of hydrogen-bond acceptors (Lipinski definition) is 2. The average molecular weight is 201 g/mol. The van der Waals surface area contributed by atoms with Crippen LogP contribution in [0.3, 0.4) is 0 Å². The number of halogens is 1. The maximum atomic E-state index is 10.4. The first-order chi connectivity index (χ1) is 6.11. The summed E-state index contributed by atoms with van der Waals surface area (Å²) in [5.74, 6) is -1.00. The number of hydrogen-bond donors (Lipinski definition) is 2. The fraction of sp³-hybridized carbons (Fsp3) is 0.222. The van der Waals surface area contributed by atoms with Gasteiger partial charge in [-0.15, -0.1) is 11.6 Å². The molecule has 1 atom stereocenters. The second-order valence-corrected chi connectivity index (χ2v) is 3.17. The van der Waals surface area contributed by atoms with E-state index in [0.717, 1.165) is 0 Å². The third-order valence-electron chi connectivity index (χ3n) is 1.66. The molecule has 1 aromatic carbocycles. The number of carboxylic acids is 1. The number of rotatable bonds is 3. The van der Waals surface area contributed by atoms with E-state index in [1.807, 2.05) is 0 Å². The fourth-order valence-electron chi connectivity index (χ4n) is 0.964. The molecular formula is C9H9ClO3. The molecule has 13 heavy (non-hydrogen) atoms. The average Bonchev–Trinajstić information content (AvgIpc) is 2.08. The lowest BCUT2D eigenvalue weighted by Crippen LogP contribution is -2.15. The number of carbonyl (C=O) groups is 1. The van der Waals surface area contributed by atoms with E-state index in [0.29, 0.717) is 5.56 Å². The van der Waals surface area contributed by atoms with Crippen molar-refractivity contribution in [1.29, 1.82) is 0 Å². The van der Waals surface area contributed by atoms with Crippen molar-refractivity contribution in [2.45, 2.75) is 11.8 Å². The molecule has 0 heterocycles. The Bertz CT molecular complexity index is 311. The number of phenols is 1. The summed E-state index contributed by atoms with van der Waals surface area (Å²) in [4.78, 5) is 10.4. The van der Waals surface area contributed by atoms with Crippen LogP contribution in [0.25, 0.3) is 0 Å². The molecule has 0 saturated heterocycles. The number of aromatic hydroxyl groups is 1. The third kappa shape index (κ3) is 2.63. The van der Waals surface area contributed by atoms with Gasteiger partial charge in [0.25, 0.3) is 0 Å². The van der Waals surface area contributed by atoms with E-state index >= 15 is 0 Å². The molecule has 1 unspecified atom stereocenters. The largest absolute Gasteiger partial charge is 0.508 e. The van der Waals surface area contributed by atoms with E-state index in [-0.39, 0.29) is 12.2 Å². The Balaban J connectivity index is 2.74. The zero-order valence-corrected chi connectivity index (χ0v) is 7.53. The number of aliphatic carboxylic acids is 1. The number of para-hydroxylation sites is 1. The van der Waals surface area contributed by atoms with E-state index in [1.165, 1.54) is 6.07 Å². The Morgan fingerprint density at radius 1 is 1.46 bits per heavy atom. The monoisotopic (exact) mass is 200 g/mol. The van der Waals surface area contributed by atoms with Crippen LogP contribution in [0.1, 0.15) is 5.56 Å². The van der Waals surface area contributed by atoms with E-state index in [1.54, 1.807) is 18.2 Å². The van der Waals surface area contributed by atoms with Crippen molar-refractivity contribution in [3.63, 3.8) is 0 Å². The van der Waals surface area contributed by atoms with Crippen LogP contribution >= 0.6 is 11.6 Å². The van der Waals surface area contributed by atoms with Gasteiger partial charge in [-0.2, -0.15) is 0 Å². The molecule has 0 aliphatic carbocycles. The van der Waals surface area contributed by atoms with Gasteiger partial charge in [0.1, 0.15) is 11.1 Å². The van der Waals surface area contributed by atoms with Crippen LogP contribution in [0.4, 0.5) is 0 Å². The smallest absolute Gasteiger partial charge is 0.321 e. The molecule has 0 aromatic heterocycles. The van der Waals surface area contributed by atoms with E-state index in [9.17, 15) is 9.90 Å². The topological polar surface area (TPSA) is 57.5 Å². The summed E-state index contributed by atoms with van der Waals surface area (Å²) in [6.07, 6.45) is 0.129. The van der Waals surface area contributed by atoms with Crippen molar-refractivity contribution in [3.8, 4) is 5.75 Å². The maximum absolute atomic E-state index is 10.4. The van der Waals surface area contributed by atoms with Gasteiger partial charge in [-0.1, -0.05) is 18.2 Å². The lowest BCUT2D eigenvalue weighted by Gasteiger charge is -2.05. The minimum atomic E-state index is -1.08. The highest BCUT2D eigenvalue weighted by molar-refractivity contribution is 6.29. The highest BCUT2D eigenvalue weighted by Crippen LogP contribution is 2.19. The first-order valence-electron chi connectivity index (χ1n) is 3.75. The summed E-state index contributed by atoms with van der Waals surface area (Å²) in [5.41, 5.74) is 0.546. The SMILES string of the molecule is O=C(O)C(Cl)Cc1ccccc1O. The van der Waals surface area contributed by atoms with Gasteiger partial charge < -0.3 is 10.2 Å². The minimum absolute atomic E-state index is 0.0781. The summed E-state index contributed by atoms with van der Waals surface area (Å²) in [5, 5.41) is 16.8. The van der Waals surface area contributed by atoms with Gasteiger partial charge in [0.05, 0.1) is 0 Å². The van der Waals surface area contributed by atoms with Crippen molar-refractivity contribution in [2.24, 2.45) is 0 Å². The lowest BCUT2D eigenvalue weighted by molar-refractivity contribution is -0.136. The normalized spacial score (nSPS) is 12.4. The zero-order valence-electron chi connectivity index (χ0n) is 6.77. The predicted molar refractivity (Wildman–Crippen MR) is 49.1 cm³/mol. The summed E-state index contributed by atoms with van der Waals surface area (Å²) < 4.78 is 0. The van der Waals surface area contributed by atoms with Crippen LogP contribution in [-0.4, -0.2) is 21.6 Å². The fourth-order valence-corrected chi connectivity index (χ4v) is 1.13. The Labute approximate surface area is 80.6 Å². The second kappa shape index (κ2) is 4.14. The molecule has 0 aliphatic rings. The highest BCUT2D eigenvalue weighted by atomic mass is 35.5. The number of phenolic OH excluding ortho intramolecular Hbond substituents is 1. The third-order valence-corrected chi connectivity index (χ3v) is 2.00. The molecule has 2 N–H and O–H groups in total. The molecule has 0 fully saturated rings. The molecule has 0 saturated carbocycles. The maximum Gasteiger partial charge on any atom is 0.321 e. The highest BCUT2D eigenvalue weighted by Gasteiger charge is 2.15. The molecule has 0 amide bonds. The second-order valence-electron chi connectivity index (χ2n) is 2.64. The Morgan fingerprint density at radius 3 is 2.62 bits per heavy atom. The van der Waals surface area contributed by atoms with Crippen LogP contribution in [0.5, 0.6) is 5.75 Å². The Kier molecular flexibility index (Phi) is 3.14. The van der Waals surface area contributed by atoms with Crippen molar-refractivity contribution in [3.05, 3.63) is 29.8 Å². The summed E-state index contributed by atoms with van der Waals surface area (Å²) in [6.45, 7) is 0. The van der Waals surface area contributed by atoms with Crippen LogP contribution in [0.2, 0.25) is 0 Å². The molecule has 70 valence electrons. The number of benzene rings is 1. The van der Waals surface area contributed by atoms with Gasteiger partial charge >= 0.3 is 5.97 Å². The van der Waals surface area contributed by atoms with E-state index in [4.69, 9.17) is 16.7 Å². The number of carboxylic acid groups (broad SMARTS) is 1. The number of alkyl halides is 1. The Morgan fingerprint density at radius 2 is 2.08 bits per heavy atom. The van der Waals surface area contributed by atoms with Gasteiger partial charge in [-0.25, -0.2) is 0 Å². The van der Waals surface area contributed by atoms with Crippen LogP contribution in [0.15, 0.2) is 24.3 Å². The van der Waals surface area contributed by atoms with Gasteiger partial charge in [0.15, 0.2) is 0 Å². The molecule has 4 heteroatoms. The zero-order chi connectivity index (χ0) is 9.84. The first kappa shape index (κ1) is 9.86. The summed E-state index contributed by atoms with van der Waals surface area (Å²) >= 11 is 5.51. The standard InChI is InChI=1S/C9H9ClO3/c10-7(9(12)13)5-6-3-1-2-4-8(6)11/h1-4,7,11H,5H2,(H,12,13). The predicted octanol–water partition coefficient (Wildman–Crippen LogP) is 1.63. The van der Waals surface area contributed by atoms with Crippen LogP contribution < -0.4 is 0 Å². The van der Waals surface area contributed by atoms with Crippen molar-refractivity contribution in [2.75, 3.05) is 0 Å². The van der Waals surface area contributed by atoms with Gasteiger partial charge in [0.2, 0.25) is 0 Å². The summed E-state index contributed by atoms with van der Waals surface area (Å²) in [6, 6.07) is 6.54. The quantitative estimate of drug-likeness (QED) is 0.730. The van der Waals surface area contributed by atoms with Crippen molar-refractivity contribution < 1.29 is 15.0 Å². The van der Waals surface area contributed by atoms with Crippen LogP contribution in [0, 0.1) is 0 Å². The van der Waals surface area contributed by atoms with Crippen molar-refractivity contribution >= 4 is 17.6 Å². The molecule has 0 aliphatic heterocycles. The lowest BCUT2D eigenvalue weighted by atomic mass is 10.1. The van der Waals surface area contributed by atoms with Gasteiger partial charge in [0, 0.05) is 6.42 Å². The van der Waals surface area contributed by atoms with Gasteiger partial charge in [-0.3, -0.25) is 4.79 Å². The molecule has 1 aromatic rings. The molecular weight excluding hydrogens is 192 g/mol. The Hall–Kier alpha value is -1.22. The van der Waals surface area contributed by atoms with E-state index in [2.05, 4.69) is 0 Å². The summed E-state index contributed by atoms with van der Waals surface area (Å²) in [7, 11) is 0. The minimum Gasteiger partial charge on any atom is -0.508 e. The van der Waals surface area contributed by atoms with Crippen molar-refractivity contribution in [1.82, 2.24) is 0 Å². The van der Waals surface area contributed by atoms with Gasteiger partial charge in [-0.05, 0) is 11.6 Å². The van der Waals surface area contributed by atoms with Crippen LogP contribution in [-0.2, 0) is 11.2 Å². The first-order valence-corrected chi connectivity index (χ1v) is 4.18. The molecule has 0 bridgehead atoms. The molecule has 1 rings (SSSR count). The van der Waals surface area contributed by atoms with E-state index < -0.39 is 11.3 Å². The molecule has 0 spiro atoms. The molecule has 0 radical (unpaired) electrons.